The number of carbonyl (C=O) groups excluding carboxylic acids is 1. The summed E-state index contributed by atoms with van der Waals surface area (Å²) < 4.78 is 5.21. The summed E-state index contributed by atoms with van der Waals surface area (Å²) in [5.41, 5.74) is 1.16. The normalized spacial score (nSPS) is 18.0. The lowest BCUT2D eigenvalue weighted by Gasteiger charge is -2.31. The van der Waals surface area contributed by atoms with Crippen molar-refractivity contribution in [1.82, 2.24) is 15.0 Å². The molecule has 1 aliphatic rings. The van der Waals surface area contributed by atoms with E-state index in [0.717, 1.165) is 43.6 Å². The second-order valence-corrected chi connectivity index (χ2v) is 6.43. The monoisotopic (exact) mass is 339 g/mol. The molecule has 0 radical (unpaired) electrons. The molecule has 1 aromatic heterocycles. The topological polar surface area (TPSA) is 59.2 Å². The van der Waals surface area contributed by atoms with E-state index in [2.05, 4.69) is 34.4 Å². The number of likely N-dealkylation sites (tertiary alicyclic amines) is 1. The van der Waals surface area contributed by atoms with Crippen LogP contribution in [0.5, 0.6) is 0 Å². The molecule has 0 spiro atoms. The van der Waals surface area contributed by atoms with Gasteiger partial charge in [0.25, 0.3) is 0 Å². The van der Waals surface area contributed by atoms with Gasteiger partial charge in [0.1, 0.15) is 0 Å². The van der Waals surface area contributed by atoms with Crippen molar-refractivity contribution in [3.8, 4) is 0 Å². The van der Waals surface area contributed by atoms with E-state index in [9.17, 15) is 4.79 Å². The maximum atomic E-state index is 12.5. The zero-order chi connectivity index (χ0) is 17.5. The number of amides is 1. The van der Waals surface area contributed by atoms with Crippen LogP contribution in [0.15, 0.2) is 40.9 Å². The van der Waals surface area contributed by atoms with E-state index in [1.165, 1.54) is 0 Å². The first kappa shape index (κ1) is 17.4. The van der Waals surface area contributed by atoms with Gasteiger partial charge in [-0.15, -0.1) is 0 Å². The maximum Gasteiger partial charge on any atom is 0.226 e. The van der Waals surface area contributed by atoms with Crippen LogP contribution >= 0.6 is 0 Å². The average molecular weight is 339 g/mol. The Hall–Kier alpha value is -2.43. The lowest BCUT2D eigenvalue weighted by Crippen LogP contribution is -2.39. The first-order chi connectivity index (χ1) is 12.3. The molecule has 1 aliphatic heterocycles. The number of carbonyl (C=O) groups is 1. The van der Waals surface area contributed by atoms with Gasteiger partial charge in [-0.2, -0.15) is 4.98 Å². The van der Waals surface area contributed by atoms with Crippen LogP contribution in [-0.4, -0.2) is 34.0 Å². The van der Waals surface area contributed by atoms with Gasteiger partial charge in [-0.1, -0.05) is 54.6 Å². The van der Waals surface area contributed by atoms with Crippen LogP contribution < -0.4 is 0 Å². The highest BCUT2D eigenvalue weighted by Crippen LogP contribution is 2.25. The Kier molecular flexibility index (Phi) is 5.99. The van der Waals surface area contributed by atoms with Gasteiger partial charge in [0.2, 0.25) is 11.8 Å². The van der Waals surface area contributed by atoms with Gasteiger partial charge < -0.3 is 9.42 Å². The van der Waals surface area contributed by atoms with E-state index in [0.29, 0.717) is 18.9 Å². The quantitative estimate of drug-likeness (QED) is 0.802. The third kappa shape index (κ3) is 4.78. The summed E-state index contributed by atoms with van der Waals surface area (Å²) >= 11 is 0. The predicted molar refractivity (Wildman–Crippen MR) is 96.9 cm³/mol. The van der Waals surface area contributed by atoms with Crippen molar-refractivity contribution in [3.05, 3.63) is 53.7 Å². The Morgan fingerprint density at radius 1 is 1.36 bits per heavy atom. The summed E-state index contributed by atoms with van der Waals surface area (Å²) in [5.74, 6) is 1.83. The van der Waals surface area contributed by atoms with Crippen molar-refractivity contribution in [1.29, 1.82) is 0 Å². The van der Waals surface area contributed by atoms with Gasteiger partial charge in [-0.3, -0.25) is 4.79 Å². The standard InChI is InChI=1S/C20H25N3O2/c1-2-18-21-20(22-25-18)17-12-8-14-23(15-17)19(24)13-7-6-11-16-9-4-3-5-10-16/h3-6,9-11,17H,2,7-8,12-15H2,1H3/b11-6-/t17-/m0/s1. The van der Waals surface area contributed by atoms with Crippen molar-refractivity contribution in [2.24, 2.45) is 0 Å². The zero-order valence-electron chi connectivity index (χ0n) is 14.7. The third-order valence-electron chi connectivity index (χ3n) is 4.56. The Bertz CT molecular complexity index is 709. The highest BCUT2D eigenvalue weighted by molar-refractivity contribution is 5.76. The Morgan fingerprint density at radius 3 is 2.96 bits per heavy atom. The molecule has 132 valence electrons. The molecule has 0 N–H and O–H groups in total. The molecule has 1 aromatic carbocycles. The van der Waals surface area contributed by atoms with Gasteiger partial charge in [0.05, 0.1) is 0 Å². The highest BCUT2D eigenvalue weighted by Gasteiger charge is 2.27. The first-order valence-corrected chi connectivity index (χ1v) is 9.08. The molecule has 5 nitrogen and oxygen atoms in total. The SMILES string of the molecule is CCc1nc([C@H]2CCCN(C(=O)CC/C=C\c3ccccc3)C2)no1. The lowest BCUT2D eigenvalue weighted by molar-refractivity contribution is -0.132. The molecule has 0 saturated carbocycles. The Balaban J connectivity index is 1.49. The molecular formula is C20H25N3O2. The Morgan fingerprint density at radius 2 is 2.20 bits per heavy atom. The minimum Gasteiger partial charge on any atom is -0.342 e. The molecule has 0 aliphatic carbocycles. The minimum atomic E-state index is 0.196. The fraction of sp³-hybridized carbons (Fsp3) is 0.450. The highest BCUT2D eigenvalue weighted by atomic mass is 16.5. The van der Waals surface area contributed by atoms with Crippen molar-refractivity contribution in [3.63, 3.8) is 0 Å². The van der Waals surface area contributed by atoms with Crippen LogP contribution in [0.2, 0.25) is 0 Å². The second-order valence-electron chi connectivity index (χ2n) is 6.43. The van der Waals surface area contributed by atoms with Crippen LogP contribution in [0.3, 0.4) is 0 Å². The van der Waals surface area contributed by atoms with Crippen molar-refractivity contribution < 1.29 is 9.32 Å². The van der Waals surface area contributed by atoms with E-state index in [1.807, 2.05) is 30.0 Å². The van der Waals surface area contributed by atoms with Gasteiger partial charge in [0, 0.05) is 31.8 Å². The van der Waals surface area contributed by atoms with Gasteiger partial charge in [0.15, 0.2) is 5.82 Å². The van der Waals surface area contributed by atoms with Gasteiger partial charge in [-0.05, 0) is 24.8 Å². The number of benzene rings is 1. The van der Waals surface area contributed by atoms with Crippen molar-refractivity contribution in [2.45, 2.75) is 44.9 Å². The molecule has 3 rings (SSSR count). The van der Waals surface area contributed by atoms with Gasteiger partial charge >= 0.3 is 0 Å². The van der Waals surface area contributed by atoms with Crippen LogP contribution in [0.4, 0.5) is 0 Å². The van der Waals surface area contributed by atoms with E-state index in [-0.39, 0.29) is 11.8 Å². The summed E-state index contributed by atoms with van der Waals surface area (Å²) in [6, 6.07) is 10.1. The summed E-state index contributed by atoms with van der Waals surface area (Å²) in [5, 5.41) is 4.08. The van der Waals surface area contributed by atoms with Crippen LogP contribution in [0, 0.1) is 0 Å². The Labute approximate surface area is 148 Å². The number of nitrogens with zero attached hydrogens (tertiary/aromatic N) is 3. The summed E-state index contributed by atoms with van der Waals surface area (Å²) in [4.78, 5) is 18.9. The molecular weight excluding hydrogens is 314 g/mol. The van der Waals surface area contributed by atoms with E-state index in [1.54, 1.807) is 0 Å². The smallest absolute Gasteiger partial charge is 0.226 e. The number of hydrogen-bond donors (Lipinski definition) is 0. The molecule has 2 heterocycles. The minimum absolute atomic E-state index is 0.196. The molecule has 1 amide bonds. The molecule has 1 fully saturated rings. The number of allylic oxidation sites excluding steroid dienone is 1. The molecule has 0 unspecified atom stereocenters. The third-order valence-corrected chi connectivity index (χ3v) is 4.56. The summed E-state index contributed by atoms with van der Waals surface area (Å²) in [6.07, 6.45) is 8.20. The first-order valence-electron chi connectivity index (χ1n) is 9.08. The van der Waals surface area contributed by atoms with E-state index in [4.69, 9.17) is 4.52 Å². The number of hydrogen-bond acceptors (Lipinski definition) is 4. The molecule has 5 heteroatoms. The average Bonchev–Trinajstić information content (AvgIpc) is 3.15. The molecule has 1 saturated heterocycles. The molecule has 1 atom stereocenters. The fourth-order valence-electron chi connectivity index (χ4n) is 3.14. The zero-order valence-corrected chi connectivity index (χ0v) is 14.7. The van der Waals surface area contributed by atoms with E-state index >= 15 is 0 Å². The molecule has 2 aromatic rings. The van der Waals surface area contributed by atoms with Crippen LogP contribution in [-0.2, 0) is 11.2 Å². The van der Waals surface area contributed by atoms with E-state index < -0.39 is 0 Å². The van der Waals surface area contributed by atoms with Crippen LogP contribution in [0.25, 0.3) is 6.08 Å². The second kappa shape index (κ2) is 8.60. The molecule has 25 heavy (non-hydrogen) atoms. The number of piperidine rings is 1. The number of aryl methyl sites for hydroxylation is 1. The largest absolute Gasteiger partial charge is 0.342 e. The summed E-state index contributed by atoms with van der Waals surface area (Å²) in [6.45, 7) is 3.52. The van der Waals surface area contributed by atoms with Crippen molar-refractivity contribution in [2.75, 3.05) is 13.1 Å². The van der Waals surface area contributed by atoms with Gasteiger partial charge in [-0.25, -0.2) is 0 Å². The van der Waals surface area contributed by atoms with Crippen molar-refractivity contribution >= 4 is 12.0 Å². The summed E-state index contributed by atoms with van der Waals surface area (Å²) in [7, 11) is 0. The van der Waals surface area contributed by atoms with Crippen LogP contribution in [0.1, 0.15) is 55.8 Å². The fourth-order valence-corrected chi connectivity index (χ4v) is 3.14. The number of rotatable bonds is 6. The lowest BCUT2D eigenvalue weighted by atomic mass is 9.97. The maximum absolute atomic E-state index is 12.5. The predicted octanol–water partition coefficient (Wildman–Crippen LogP) is 3.83. The molecule has 0 bridgehead atoms. The number of aromatic nitrogens is 2.